The quantitative estimate of drug-likeness (QED) is 0.353. The standard InChI is InChI=1S/C21H23BrN4O3.C2HF3O2/c22-15-1-4-18(5-2-15)29-13-20(27)21(28)26-9-7-16(8-10-26)24-17-3-6-19-14(11-17)12-23-25-19;3-2(4,5)1(6)7/h1-6,11-12,16,20,24,27H,7-10,13H2,(H,23,25);(H,6,7)/t20-;/m1./s1. The maximum absolute atomic E-state index is 12.5. The number of piperidine rings is 1. The normalized spacial score (nSPS) is 15.1. The SMILES string of the molecule is O=C(O)C(F)(F)F.O=C([C@H](O)COc1ccc(Br)cc1)N1CCC(Nc2ccc3[nH]ncc3c2)CC1. The molecule has 13 heteroatoms. The molecule has 36 heavy (non-hydrogen) atoms. The number of hydrogen-bond acceptors (Lipinski definition) is 6. The number of fused-ring (bicyclic) bond motifs is 1. The number of likely N-dealkylation sites (tertiary alicyclic amines) is 1. The number of nitrogens with one attached hydrogen (secondary N) is 2. The fourth-order valence-corrected chi connectivity index (χ4v) is 3.76. The lowest BCUT2D eigenvalue weighted by molar-refractivity contribution is -0.192. The number of carboxylic acids is 1. The van der Waals surface area contributed by atoms with Gasteiger partial charge in [0.1, 0.15) is 12.4 Å². The van der Waals surface area contributed by atoms with Crippen LogP contribution in [0.3, 0.4) is 0 Å². The van der Waals surface area contributed by atoms with Crippen molar-refractivity contribution in [2.75, 3.05) is 25.0 Å². The molecule has 2 aromatic carbocycles. The Labute approximate surface area is 212 Å². The summed E-state index contributed by atoms with van der Waals surface area (Å²) in [6.07, 6.45) is -2.78. The summed E-state index contributed by atoms with van der Waals surface area (Å²) in [5.74, 6) is -2.41. The molecule has 0 unspecified atom stereocenters. The summed E-state index contributed by atoms with van der Waals surface area (Å²) in [6.45, 7) is 1.17. The maximum atomic E-state index is 12.5. The van der Waals surface area contributed by atoms with E-state index in [1.165, 1.54) is 0 Å². The van der Waals surface area contributed by atoms with Crippen LogP contribution in [-0.4, -0.2) is 75.2 Å². The molecular formula is C23H24BrF3N4O5. The lowest BCUT2D eigenvalue weighted by Gasteiger charge is -2.34. The number of aliphatic hydroxyl groups is 1. The molecule has 4 N–H and O–H groups in total. The van der Waals surface area contributed by atoms with E-state index in [2.05, 4.69) is 37.5 Å². The fourth-order valence-electron chi connectivity index (χ4n) is 3.50. The topological polar surface area (TPSA) is 128 Å². The molecule has 0 saturated carbocycles. The molecule has 194 valence electrons. The average Bonchev–Trinajstić information content (AvgIpc) is 3.31. The largest absolute Gasteiger partial charge is 0.490 e. The number of benzene rings is 2. The monoisotopic (exact) mass is 572 g/mol. The fraction of sp³-hybridized carbons (Fsp3) is 0.348. The summed E-state index contributed by atoms with van der Waals surface area (Å²) in [5.41, 5.74) is 2.06. The number of hydrogen-bond donors (Lipinski definition) is 4. The van der Waals surface area contributed by atoms with Crippen molar-refractivity contribution in [3.05, 3.63) is 53.1 Å². The molecule has 1 saturated heterocycles. The van der Waals surface area contributed by atoms with E-state index in [4.69, 9.17) is 14.6 Å². The number of aliphatic carboxylic acids is 1. The predicted molar refractivity (Wildman–Crippen MR) is 129 cm³/mol. The third-order valence-electron chi connectivity index (χ3n) is 5.37. The van der Waals surface area contributed by atoms with Gasteiger partial charge >= 0.3 is 12.1 Å². The molecule has 4 rings (SSSR count). The van der Waals surface area contributed by atoms with E-state index in [0.29, 0.717) is 24.9 Å². The van der Waals surface area contributed by atoms with Crippen molar-refractivity contribution >= 4 is 44.4 Å². The molecule has 1 aliphatic rings. The lowest BCUT2D eigenvalue weighted by Crippen LogP contribution is -2.47. The molecule has 3 aromatic rings. The highest BCUT2D eigenvalue weighted by molar-refractivity contribution is 9.10. The number of nitrogens with zero attached hydrogens (tertiary/aromatic N) is 2. The van der Waals surface area contributed by atoms with Crippen molar-refractivity contribution in [2.45, 2.75) is 31.2 Å². The van der Waals surface area contributed by atoms with Crippen LogP contribution in [0.25, 0.3) is 10.9 Å². The van der Waals surface area contributed by atoms with Crippen LogP contribution >= 0.6 is 15.9 Å². The molecule has 0 radical (unpaired) electrons. The van der Waals surface area contributed by atoms with Crippen LogP contribution in [-0.2, 0) is 9.59 Å². The van der Waals surface area contributed by atoms with Crippen molar-refractivity contribution < 1.29 is 37.7 Å². The highest BCUT2D eigenvalue weighted by atomic mass is 79.9. The van der Waals surface area contributed by atoms with Crippen LogP contribution in [0, 0.1) is 0 Å². The molecule has 0 spiro atoms. The van der Waals surface area contributed by atoms with Gasteiger partial charge in [-0.2, -0.15) is 18.3 Å². The third-order valence-corrected chi connectivity index (χ3v) is 5.90. The molecule has 0 aliphatic carbocycles. The zero-order chi connectivity index (χ0) is 26.3. The van der Waals surface area contributed by atoms with Gasteiger partial charge in [0.05, 0.1) is 11.7 Å². The van der Waals surface area contributed by atoms with Gasteiger partial charge in [-0.05, 0) is 55.3 Å². The maximum Gasteiger partial charge on any atom is 0.490 e. The van der Waals surface area contributed by atoms with Gasteiger partial charge in [-0.25, -0.2) is 4.79 Å². The number of amides is 1. The Morgan fingerprint density at radius 3 is 2.44 bits per heavy atom. The van der Waals surface area contributed by atoms with Gasteiger partial charge in [0.2, 0.25) is 0 Å². The van der Waals surface area contributed by atoms with Crippen molar-refractivity contribution in [1.29, 1.82) is 0 Å². The average molecular weight is 573 g/mol. The second-order valence-corrected chi connectivity index (χ2v) is 8.92. The first-order valence-electron chi connectivity index (χ1n) is 10.9. The number of anilines is 1. The van der Waals surface area contributed by atoms with Crippen LogP contribution in [0.1, 0.15) is 12.8 Å². The first-order chi connectivity index (χ1) is 17.0. The Bertz CT molecular complexity index is 1160. The summed E-state index contributed by atoms with van der Waals surface area (Å²) in [4.78, 5) is 23.1. The third kappa shape index (κ3) is 7.85. The van der Waals surface area contributed by atoms with E-state index < -0.39 is 18.2 Å². The predicted octanol–water partition coefficient (Wildman–Crippen LogP) is 3.80. The second kappa shape index (κ2) is 12.1. The number of halogens is 4. The molecule has 1 atom stereocenters. The number of aromatic nitrogens is 2. The van der Waals surface area contributed by atoms with Crippen LogP contribution in [0.4, 0.5) is 18.9 Å². The molecular weight excluding hydrogens is 549 g/mol. The van der Waals surface area contributed by atoms with Crippen molar-refractivity contribution in [3.8, 4) is 5.75 Å². The Hall–Kier alpha value is -3.32. The second-order valence-electron chi connectivity index (χ2n) is 8.00. The Kier molecular flexibility index (Phi) is 9.15. The summed E-state index contributed by atoms with van der Waals surface area (Å²) in [6, 6.07) is 13.7. The first kappa shape index (κ1) is 27.3. The number of alkyl halides is 3. The van der Waals surface area contributed by atoms with Crippen molar-refractivity contribution in [3.63, 3.8) is 0 Å². The van der Waals surface area contributed by atoms with Gasteiger partial charge in [0.25, 0.3) is 5.91 Å². The molecule has 9 nitrogen and oxygen atoms in total. The highest BCUT2D eigenvalue weighted by Crippen LogP contribution is 2.21. The summed E-state index contributed by atoms with van der Waals surface area (Å²) >= 11 is 3.36. The van der Waals surface area contributed by atoms with Crippen LogP contribution in [0.2, 0.25) is 0 Å². The number of carboxylic acid groups (broad SMARTS) is 1. The molecule has 1 amide bonds. The van der Waals surface area contributed by atoms with Gasteiger partial charge in [-0.3, -0.25) is 9.89 Å². The first-order valence-corrected chi connectivity index (χ1v) is 11.7. The van der Waals surface area contributed by atoms with Crippen molar-refractivity contribution in [1.82, 2.24) is 15.1 Å². The minimum atomic E-state index is -5.08. The van der Waals surface area contributed by atoms with Crippen LogP contribution in [0.5, 0.6) is 5.75 Å². The van der Waals surface area contributed by atoms with E-state index in [9.17, 15) is 23.1 Å². The van der Waals surface area contributed by atoms with Gasteiger partial charge < -0.3 is 25.2 Å². The van der Waals surface area contributed by atoms with Gasteiger partial charge in [0.15, 0.2) is 6.10 Å². The molecule has 0 bridgehead atoms. The van der Waals surface area contributed by atoms with Crippen LogP contribution in [0.15, 0.2) is 53.1 Å². The minimum Gasteiger partial charge on any atom is -0.490 e. The van der Waals surface area contributed by atoms with Gasteiger partial charge in [-0.15, -0.1) is 0 Å². The molecule has 1 fully saturated rings. The number of carbonyl (C=O) groups is 2. The van der Waals surface area contributed by atoms with Crippen LogP contribution < -0.4 is 10.1 Å². The summed E-state index contributed by atoms with van der Waals surface area (Å²) < 4.78 is 38.2. The Morgan fingerprint density at radius 2 is 1.83 bits per heavy atom. The zero-order valence-electron chi connectivity index (χ0n) is 18.8. The van der Waals surface area contributed by atoms with Crippen molar-refractivity contribution in [2.24, 2.45) is 0 Å². The lowest BCUT2D eigenvalue weighted by atomic mass is 10.0. The zero-order valence-corrected chi connectivity index (χ0v) is 20.4. The number of rotatable bonds is 6. The summed E-state index contributed by atoms with van der Waals surface area (Å²) in [5, 5.41) is 28.9. The Morgan fingerprint density at radius 1 is 1.19 bits per heavy atom. The van der Waals surface area contributed by atoms with E-state index in [1.807, 2.05) is 24.3 Å². The summed E-state index contributed by atoms with van der Waals surface area (Å²) in [7, 11) is 0. The molecule has 2 heterocycles. The number of aliphatic hydroxyl groups excluding tert-OH is 1. The molecule has 1 aromatic heterocycles. The van der Waals surface area contributed by atoms with E-state index in [1.54, 1.807) is 23.2 Å². The number of carbonyl (C=O) groups excluding carboxylic acids is 1. The van der Waals surface area contributed by atoms with Gasteiger partial charge in [-0.1, -0.05) is 15.9 Å². The minimum absolute atomic E-state index is 0.0522. The number of aromatic amines is 1. The molecule has 1 aliphatic heterocycles. The van der Waals surface area contributed by atoms with Gasteiger partial charge in [0, 0.05) is 34.7 Å². The Balaban J connectivity index is 0.000000454. The van der Waals surface area contributed by atoms with E-state index in [0.717, 1.165) is 33.9 Å². The number of ether oxygens (including phenoxy) is 1. The number of H-pyrrole nitrogens is 1. The smallest absolute Gasteiger partial charge is 0.490 e. The van der Waals surface area contributed by atoms with E-state index >= 15 is 0 Å². The van der Waals surface area contributed by atoms with E-state index in [-0.39, 0.29) is 12.5 Å². The highest BCUT2D eigenvalue weighted by Gasteiger charge is 2.38.